The number of hydrogen-bond donors (Lipinski definition) is 2. The largest absolute Gasteiger partial charge is 0.503 e. The molecule has 2 N–H and O–H groups in total. The molecule has 0 amide bonds. The predicted octanol–water partition coefficient (Wildman–Crippen LogP) is 1.23. The minimum atomic E-state index is -0.0246. The van der Waals surface area contributed by atoms with E-state index in [9.17, 15) is 5.11 Å². The molecule has 0 radical (unpaired) electrons. The van der Waals surface area contributed by atoms with Crippen LogP contribution < -0.4 is 10.1 Å². The van der Waals surface area contributed by atoms with E-state index in [0.29, 0.717) is 17.5 Å². The van der Waals surface area contributed by atoms with Gasteiger partial charge in [0.15, 0.2) is 11.5 Å². The first kappa shape index (κ1) is 12.9. The second-order valence-corrected chi connectivity index (χ2v) is 3.34. The molecule has 4 heteroatoms. The van der Waals surface area contributed by atoms with E-state index in [1.807, 2.05) is 13.1 Å². The van der Waals surface area contributed by atoms with E-state index >= 15 is 0 Å². The van der Waals surface area contributed by atoms with Gasteiger partial charge < -0.3 is 15.2 Å². The number of aromatic hydroxyl groups is 1. The standard InChI is InChI=1S/C13H14N2O2/c1-15-6-4-3-5-11-7-10(9-14)8-12(17-2)13(11)16/h7-8,15-16H,4,6H2,1-2H3. The smallest absolute Gasteiger partial charge is 0.173 e. The van der Waals surface area contributed by atoms with Gasteiger partial charge in [-0.1, -0.05) is 11.8 Å². The summed E-state index contributed by atoms with van der Waals surface area (Å²) in [7, 11) is 3.28. The van der Waals surface area contributed by atoms with E-state index in [1.54, 1.807) is 6.07 Å². The molecule has 0 heterocycles. The monoisotopic (exact) mass is 230 g/mol. The minimum Gasteiger partial charge on any atom is -0.503 e. The summed E-state index contributed by atoms with van der Waals surface area (Å²) >= 11 is 0. The van der Waals surface area contributed by atoms with Crippen LogP contribution in [0.25, 0.3) is 0 Å². The molecule has 1 aromatic rings. The zero-order valence-electron chi connectivity index (χ0n) is 9.87. The molecule has 0 fully saturated rings. The quantitative estimate of drug-likeness (QED) is 0.605. The summed E-state index contributed by atoms with van der Waals surface area (Å²) in [6.07, 6.45) is 0.676. The van der Waals surface area contributed by atoms with Crippen LogP contribution in [0.15, 0.2) is 12.1 Å². The summed E-state index contributed by atoms with van der Waals surface area (Å²) in [5.74, 6) is 5.98. The predicted molar refractivity (Wildman–Crippen MR) is 64.8 cm³/mol. The molecule has 0 aromatic heterocycles. The maximum atomic E-state index is 9.81. The first-order chi connectivity index (χ1) is 8.22. The number of nitrogens with zero attached hydrogens (tertiary/aromatic N) is 1. The number of nitriles is 1. The molecule has 0 aliphatic rings. The van der Waals surface area contributed by atoms with Crippen LogP contribution in [0.3, 0.4) is 0 Å². The van der Waals surface area contributed by atoms with E-state index in [-0.39, 0.29) is 11.5 Å². The number of benzene rings is 1. The van der Waals surface area contributed by atoms with Crippen LogP contribution in [-0.2, 0) is 0 Å². The summed E-state index contributed by atoms with van der Waals surface area (Å²) in [5, 5.41) is 21.6. The fraction of sp³-hybridized carbons (Fsp3) is 0.308. The lowest BCUT2D eigenvalue weighted by Crippen LogP contribution is -2.05. The summed E-state index contributed by atoms with van der Waals surface area (Å²) in [6, 6.07) is 5.03. The normalized spacial score (nSPS) is 9.00. The molecule has 0 saturated heterocycles. The van der Waals surface area contributed by atoms with Gasteiger partial charge in [0, 0.05) is 19.0 Å². The van der Waals surface area contributed by atoms with Crippen molar-refractivity contribution in [2.75, 3.05) is 20.7 Å². The van der Waals surface area contributed by atoms with E-state index in [4.69, 9.17) is 10.00 Å². The number of ether oxygens (including phenoxy) is 1. The Morgan fingerprint density at radius 3 is 2.82 bits per heavy atom. The third kappa shape index (κ3) is 3.41. The Bertz CT molecular complexity index is 493. The fourth-order valence-corrected chi connectivity index (χ4v) is 1.27. The molecule has 0 aliphatic heterocycles. The van der Waals surface area contributed by atoms with Crippen LogP contribution in [0.1, 0.15) is 17.5 Å². The zero-order chi connectivity index (χ0) is 12.7. The Labute approximate surface area is 101 Å². The van der Waals surface area contributed by atoms with Gasteiger partial charge in [0.25, 0.3) is 0 Å². The molecular weight excluding hydrogens is 216 g/mol. The van der Waals surface area contributed by atoms with Crippen molar-refractivity contribution in [3.63, 3.8) is 0 Å². The molecule has 1 aromatic carbocycles. The van der Waals surface area contributed by atoms with Gasteiger partial charge in [-0.05, 0) is 13.1 Å². The van der Waals surface area contributed by atoms with Crippen molar-refractivity contribution >= 4 is 0 Å². The Morgan fingerprint density at radius 2 is 2.24 bits per heavy atom. The number of methoxy groups -OCH3 is 1. The number of phenols is 1. The Balaban J connectivity index is 3.05. The van der Waals surface area contributed by atoms with Crippen LogP contribution in [0.5, 0.6) is 11.5 Å². The average molecular weight is 230 g/mol. The van der Waals surface area contributed by atoms with Crippen LogP contribution in [0.2, 0.25) is 0 Å². The topological polar surface area (TPSA) is 65.3 Å². The average Bonchev–Trinajstić information content (AvgIpc) is 2.36. The van der Waals surface area contributed by atoms with Gasteiger partial charge in [0.05, 0.1) is 24.3 Å². The second kappa shape index (κ2) is 6.42. The molecule has 4 nitrogen and oxygen atoms in total. The highest BCUT2D eigenvalue weighted by Gasteiger charge is 2.08. The zero-order valence-corrected chi connectivity index (χ0v) is 9.87. The first-order valence-corrected chi connectivity index (χ1v) is 5.17. The third-order valence-corrected chi connectivity index (χ3v) is 2.15. The van der Waals surface area contributed by atoms with Crippen LogP contribution in [-0.4, -0.2) is 25.8 Å². The maximum absolute atomic E-state index is 9.81. The highest BCUT2D eigenvalue weighted by Crippen LogP contribution is 2.30. The van der Waals surface area contributed by atoms with Crippen LogP contribution >= 0.6 is 0 Å². The van der Waals surface area contributed by atoms with E-state index in [0.717, 1.165) is 6.54 Å². The summed E-state index contributed by atoms with van der Waals surface area (Å²) < 4.78 is 4.97. The molecule has 0 atom stereocenters. The van der Waals surface area contributed by atoms with E-state index < -0.39 is 0 Å². The molecule has 0 spiro atoms. The third-order valence-electron chi connectivity index (χ3n) is 2.15. The maximum Gasteiger partial charge on any atom is 0.173 e. The lowest BCUT2D eigenvalue weighted by atomic mass is 10.1. The number of rotatable bonds is 3. The van der Waals surface area contributed by atoms with Crippen molar-refractivity contribution < 1.29 is 9.84 Å². The number of phenolic OH excluding ortho intramolecular Hbond substituents is 1. The highest BCUT2D eigenvalue weighted by atomic mass is 16.5. The van der Waals surface area contributed by atoms with Gasteiger partial charge >= 0.3 is 0 Å². The van der Waals surface area contributed by atoms with Crippen LogP contribution in [0, 0.1) is 23.2 Å². The van der Waals surface area contributed by atoms with Crippen molar-refractivity contribution in [3.8, 4) is 29.4 Å². The van der Waals surface area contributed by atoms with Gasteiger partial charge in [-0.25, -0.2) is 0 Å². The lowest BCUT2D eigenvalue weighted by molar-refractivity contribution is 0.372. The lowest BCUT2D eigenvalue weighted by Gasteiger charge is -2.05. The second-order valence-electron chi connectivity index (χ2n) is 3.34. The van der Waals surface area contributed by atoms with Crippen molar-refractivity contribution in [3.05, 3.63) is 23.3 Å². The molecular formula is C13H14N2O2. The summed E-state index contributed by atoms with van der Waals surface area (Å²) in [5.41, 5.74) is 0.828. The Kier molecular flexibility index (Phi) is 4.87. The van der Waals surface area contributed by atoms with Gasteiger partial charge in [0.1, 0.15) is 0 Å². The van der Waals surface area contributed by atoms with Gasteiger partial charge in [-0.15, -0.1) is 0 Å². The van der Waals surface area contributed by atoms with Crippen molar-refractivity contribution in [2.45, 2.75) is 6.42 Å². The fourth-order valence-electron chi connectivity index (χ4n) is 1.27. The molecule has 0 saturated carbocycles. The molecule has 0 bridgehead atoms. The van der Waals surface area contributed by atoms with Gasteiger partial charge in [-0.2, -0.15) is 5.26 Å². The van der Waals surface area contributed by atoms with Gasteiger partial charge in [0.2, 0.25) is 0 Å². The number of nitrogens with one attached hydrogen (secondary N) is 1. The Morgan fingerprint density at radius 1 is 1.47 bits per heavy atom. The number of hydrogen-bond acceptors (Lipinski definition) is 4. The van der Waals surface area contributed by atoms with Crippen molar-refractivity contribution in [1.29, 1.82) is 5.26 Å². The molecule has 0 aliphatic carbocycles. The Hall–Kier alpha value is -2.17. The van der Waals surface area contributed by atoms with Crippen molar-refractivity contribution in [2.24, 2.45) is 0 Å². The van der Waals surface area contributed by atoms with Crippen LogP contribution in [0.4, 0.5) is 0 Å². The van der Waals surface area contributed by atoms with Crippen molar-refractivity contribution in [1.82, 2.24) is 5.32 Å². The molecule has 17 heavy (non-hydrogen) atoms. The van der Waals surface area contributed by atoms with Gasteiger partial charge in [-0.3, -0.25) is 0 Å². The van der Waals surface area contributed by atoms with E-state index in [2.05, 4.69) is 17.2 Å². The highest BCUT2D eigenvalue weighted by molar-refractivity contribution is 5.57. The SMILES string of the molecule is CNCCC#Cc1cc(C#N)cc(OC)c1O. The molecule has 88 valence electrons. The summed E-state index contributed by atoms with van der Waals surface area (Å²) in [4.78, 5) is 0. The van der Waals surface area contributed by atoms with E-state index in [1.165, 1.54) is 13.2 Å². The molecule has 1 rings (SSSR count). The molecule has 0 unspecified atom stereocenters. The first-order valence-electron chi connectivity index (χ1n) is 5.17. The minimum absolute atomic E-state index is 0.0246. The summed E-state index contributed by atoms with van der Waals surface area (Å²) in [6.45, 7) is 0.781.